The molecule has 0 bridgehead atoms. The third-order valence-corrected chi connectivity index (χ3v) is 5.55. The molecule has 2 aliphatic heterocycles. The number of hydrogen-bond donors (Lipinski definition) is 2. The van der Waals surface area contributed by atoms with Gasteiger partial charge in [0.15, 0.2) is 0 Å². The van der Waals surface area contributed by atoms with Crippen LogP contribution in [0.15, 0.2) is 30.3 Å². The van der Waals surface area contributed by atoms with Crippen molar-refractivity contribution < 1.29 is 9.84 Å². The summed E-state index contributed by atoms with van der Waals surface area (Å²) < 4.78 is 6.37. The minimum Gasteiger partial charge on any atom is -0.506 e. The lowest BCUT2D eigenvalue weighted by molar-refractivity contribution is 0.150. The summed E-state index contributed by atoms with van der Waals surface area (Å²) in [6.45, 7) is 10.8. The standard InChI is InChI=1S/C22H24ClNO2/c1-11(2)21-19-13(18-16(26-21)9-8-15(25)20(18)23)6-7-14-17(19)12(3)10-22(4,5)24-14/h6-11,21,24-25H,1-5H3. The Morgan fingerprint density at radius 2 is 1.88 bits per heavy atom. The van der Waals surface area contributed by atoms with Crippen LogP contribution >= 0.6 is 11.6 Å². The smallest absolute Gasteiger partial charge is 0.135 e. The molecule has 0 saturated heterocycles. The Morgan fingerprint density at radius 1 is 1.15 bits per heavy atom. The fourth-order valence-corrected chi connectivity index (χ4v) is 4.48. The number of rotatable bonds is 1. The van der Waals surface area contributed by atoms with Crippen molar-refractivity contribution in [1.29, 1.82) is 0 Å². The van der Waals surface area contributed by atoms with Crippen LogP contribution in [0.2, 0.25) is 5.02 Å². The van der Waals surface area contributed by atoms with Gasteiger partial charge in [-0.15, -0.1) is 0 Å². The van der Waals surface area contributed by atoms with Gasteiger partial charge in [-0.3, -0.25) is 0 Å². The van der Waals surface area contributed by atoms with E-state index in [1.54, 1.807) is 12.1 Å². The molecule has 1 unspecified atom stereocenters. The number of aromatic hydroxyl groups is 1. The summed E-state index contributed by atoms with van der Waals surface area (Å²) in [7, 11) is 0. The molecule has 3 nitrogen and oxygen atoms in total. The lowest BCUT2D eigenvalue weighted by Gasteiger charge is -2.38. The van der Waals surface area contributed by atoms with E-state index in [-0.39, 0.29) is 17.4 Å². The number of phenolic OH excluding ortho intramolecular Hbond substituents is 1. The van der Waals surface area contributed by atoms with Crippen LogP contribution in [0.4, 0.5) is 5.69 Å². The van der Waals surface area contributed by atoms with E-state index in [9.17, 15) is 5.11 Å². The molecule has 2 aromatic carbocycles. The number of hydrogen-bond acceptors (Lipinski definition) is 3. The van der Waals surface area contributed by atoms with Crippen molar-refractivity contribution in [2.75, 3.05) is 5.32 Å². The van der Waals surface area contributed by atoms with Gasteiger partial charge in [-0.2, -0.15) is 0 Å². The van der Waals surface area contributed by atoms with Gasteiger partial charge in [-0.1, -0.05) is 37.6 Å². The van der Waals surface area contributed by atoms with Crippen LogP contribution in [0.1, 0.15) is 51.8 Å². The summed E-state index contributed by atoms with van der Waals surface area (Å²) in [5.74, 6) is 1.10. The summed E-state index contributed by atoms with van der Waals surface area (Å²) in [5.41, 5.74) is 6.40. The zero-order valence-corrected chi connectivity index (χ0v) is 16.5. The van der Waals surface area contributed by atoms with Gasteiger partial charge in [0.1, 0.15) is 17.6 Å². The van der Waals surface area contributed by atoms with Gasteiger partial charge in [-0.05, 0) is 56.0 Å². The monoisotopic (exact) mass is 369 g/mol. The summed E-state index contributed by atoms with van der Waals surface area (Å²) in [4.78, 5) is 0. The van der Waals surface area contributed by atoms with Crippen molar-refractivity contribution in [2.24, 2.45) is 5.92 Å². The minimum absolute atomic E-state index is 0.0700. The quantitative estimate of drug-likeness (QED) is 0.610. The maximum Gasteiger partial charge on any atom is 0.135 e. The van der Waals surface area contributed by atoms with Gasteiger partial charge in [0.25, 0.3) is 0 Å². The van der Waals surface area contributed by atoms with Crippen LogP contribution in [0.5, 0.6) is 11.5 Å². The topological polar surface area (TPSA) is 41.5 Å². The van der Waals surface area contributed by atoms with E-state index in [0.717, 1.165) is 28.1 Å². The Kier molecular flexibility index (Phi) is 3.78. The predicted octanol–water partition coefficient (Wildman–Crippen LogP) is 6.41. The van der Waals surface area contributed by atoms with E-state index in [2.05, 4.69) is 58.1 Å². The van der Waals surface area contributed by atoms with Gasteiger partial charge in [-0.25, -0.2) is 0 Å². The zero-order valence-electron chi connectivity index (χ0n) is 15.8. The number of fused-ring (bicyclic) bond motifs is 5. The largest absolute Gasteiger partial charge is 0.506 e. The average molecular weight is 370 g/mol. The highest BCUT2D eigenvalue weighted by atomic mass is 35.5. The molecule has 0 saturated carbocycles. The second kappa shape index (κ2) is 5.68. The van der Waals surface area contributed by atoms with Gasteiger partial charge < -0.3 is 15.2 Å². The van der Waals surface area contributed by atoms with Gasteiger partial charge in [0.2, 0.25) is 0 Å². The fraction of sp³-hybridized carbons (Fsp3) is 0.364. The first kappa shape index (κ1) is 17.3. The first-order valence-corrected chi connectivity index (χ1v) is 9.41. The summed E-state index contributed by atoms with van der Waals surface area (Å²) >= 11 is 6.47. The molecule has 136 valence electrons. The van der Waals surface area contributed by atoms with Crippen molar-refractivity contribution in [2.45, 2.75) is 46.3 Å². The van der Waals surface area contributed by atoms with E-state index >= 15 is 0 Å². The van der Waals surface area contributed by atoms with Crippen molar-refractivity contribution in [1.82, 2.24) is 0 Å². The molecule has 26 heavy (non-hydrogen) atoms. The Morgan fingerprint density at radius 3 is 2.58 bits per heavy atom. The molecular weight excluding hydrogens is 346 g/mol. The summed E-state index contributed by atoms with van der Waals surface area (Å²) in [6, 6.07) is 7.60. The third-order valence-electron chi connectivity index (χ3n) is 5.17. The molecule has 0 spiro atoms. The average Bonchev–Trinajstić information content (AvgIpc) is 2.55. The number of anilines is 1. The molecule has 2 aliphatic rings. The number of halogens is 1. The number of nitrogens with one attached hydrogen (secondary N) is 1. The van der Waals surface area contributed by atoms with Crippen molar-refractivity contribution in [3.8, 4) is 22.6 Å². The molecule has 2 N–H and O–H groups in total. The number of phenols is 1. The molecule has 4 heteroatoms. The van der Waals surface area contributed by atoms with Crippen molar-refractivity contribution >= 4 is 22.9 Å². The minimum atomic E-state index is -0.0952. The predicted molar refractivity (Wildman–Crippen MR) is 108 cm³/mol. The molecule has 2 heterocycles. The van der Waals surface area contributed by atoms with E-state index in [0.29, 0.717) is 10.9 Å². The summed E-state index contributed by atoms with van der Waals surface area (Å²) in [5, 5.41) is 14.1. The SMILES string of the molecule is CC1=CC(C)(C)Nc2ccc3c(c21)C(C(C)C)Oc1ccc(O)c(Cl)c1-3. The maximum atomic E-state index is 10.1. The highest BCUT2D eigenvalue weighted by molar-refractivity contribution is 6.35. The second-order valence-corrected chi connectivity index (χ2v) is 8.56. The molecule has 1 atom stereocenters. The van der Waals surface area contributed by atoms with E-state index < -0.39 is 0 Å². The number of benzene rings is 2. The molecule has 2 aromatic rings. The molecule has 0 amide bonds. The maximum absolute atomic E-state index is 10.1. The Labute approximate surface area is 159 Å². The lowest BCUT2D eigenvalue weighted by Crippen LogP contribution is -2.33. The van der Waals surface area contributed by atoms with E-state index in [1.165, 1.54) is 11.1 Å². The van der Waals surface area contributed by atoms with Crippen molar-refractivity contribution in [3.05, 3.63) is 46.5 Å². The molecule has 0 radical (unpaired) electrons. The van der Waals surface area contributed by atoms with Crippen LogP contribution in [0, 0.1) is 5.92 Å². The highest BCUT2D eigenvalue weighted by Gasteiger charge is 2.36. The zero-order chi connectivity index (χ0) is 18.8. The molecule has 0 aromatic heterocycles. The van der Waals surface area contributed by atoms with Gasteiger partial charge in [0.05, 0.1) is 10.6 Å². The number of allylic oxidation sites excluding steroid dienone is 1. The first-order valence-electron chi connectivity index (χ1n) is 9.03. The number of ether oxygens (including phenoxy) is 1. The van der Waals surface area contributed by atoms with E-state index in [1.807, 2.05) is 0 Å². The van der Waals surface area contributed by atoms with Crippen LogP contribution in [0.3, 0.4) is 0 Å². The third kappa shape index (κ3) is 2.49. The first-order chi connectivity index (χ1) is 12.2. The van der Waals surface area contributed by atoms with Gasteiger partial charge >= 0.3 is 0 Å². The summed E-state index contributed by atoms with van der Waals surface area (Å²) in [6.07, 6.45) is 2.19. The van der Waals surface area contributed by atoms with Crippen LogP contribution in [-0.4, -0.2) is 10.6 Å². The Hall–Kier alpha value is -2.13. The molecule has 4 rings (SSSR count). The van der Waals surface area contributed by atoms with Crippen LogP contribution < -0.4 is 10.1 Å². The fourth-order valence-electron chi connectivity index (χ4n) is 4.22. The normalized spacial score (nSPS) is 19.7. The molecule has 0 fully saturated rings. The second-order valence-electron chi connectivity index (χ2n) is 8.18. The van der Waals surface area contributed by atoms with E-state index in [4.69, 9.17) is 16.3 Å². The van der Waals surface area contributed by atoms with Crippen LogP contribution in [0.25, 0.3) is 16.7 Å². The molecular formula is C22H24ClNO2. The van der Waals surface area contributed by atoms with Crippen LogP contribution in [-0.2, 0) is 0 Å². The molecule has 0 aliphatic carbocycles. The van der Waals surface area contributed by atoms with Crippen molar-refractivity contribution in [3.63, 3.8) is 0 Å². The lowest BCUT2D eigenvalue weighted by atomic mass is 9.79. The Bertz CT molecular complexity index is 944. The van der Waals surface area contributed by atoms with Gasteiger partial charge in [0, 0.05) is 22.4 Å². The highest BCUT2D eigenvalue weighted by Crippen LogP contribution is 2.54. The Balaban J connectivity index is 2.06.